The number of hydrogen-bond donors (Lipinski definition) is 1. The quantitative estimate of drug-likeness (QED) is 0.813. The minimum atomic E-state index is -0.102. The molecule has 2 aliphatic heterocycles. The fraction of sp³-hybridized carbons (Fsp3) is 0.619. The van der Waals surface area contributed by atoms with Crippen LogP contribution in [0, 0.1) is 11.8 Å². The summed E-state index contributed by atoms with van der Waals surface area (Å²) >= 11 is 6.01. The molecule has 28 heavy (non-hydrogen) atoms. The number of nitrogens with zero attached hydrogens (tertiary/aromatic N) is 2. The molecule has 1 aromatic rings. The first-order valence-corrected chi connectivity index (χ1v) is 10.5. The summed E-state index contributed by atoms with van der Waals surface area (Å²) in [5, 5.41) is 3.42. The molecule has 1 N–H and O–H groups in total. The number of amides is 2. The summed E-state index contributed by atoms with van der Waals surface area (Å²) in [5.74, 6) is 1.61. The molecular weight excluding hydrogens is 378 g/mol. The third-order valence-corrected chi connectivity index (χ3v) is 6.07. The molecule has 2 aliphatic rings. The van der Waals surface area contributed by atoms with E-state index in [9.17, 15) is 9.59 Å². The van der Waals surface area contributed by atoms with Crippen molar-refractivity contribution >= 4 is 29.1 Å². The van der Waals surface area contributed by atoms with Gasteiger partial charge in [-0.3, -0.25) is 14.5 Å². The Morgan fingerprint density at radius 1 is 1.14 bits per heavy atom. The lowest BCUT2D eigenvalue weighted by atomic mass is 9.92. The number of methoxy groups -OCH3 is 1. The summed E-state index contributed by atoms with van der Waals surface area (Å²) < 4.78 is 5.27. The summed E-state index contributed by atoms with van der Waals surface area (Å²) in [5.41, 5.74) is 0.574. The van der Waals surface area contributed by atoms with Gasteiger partial charge in [-0.2, -0.15) is 0 Å². The third-order valence-electron chi connectivity index (χ3n) is 5.83. The largest absolute Gasteiger partial charge is 0.495 e. The standard InChI is InChI=1S/C21H30ClN3O3/c1-15-5-11-25(12-6-15)21(27)16-7-9-24(10-8-16)14-20(26)23-18-13-17(22)3-4-19(18)28-2/h3-4,13,15-16H,5-12,14H2,1-2H3,(H,23,26). The average Bonchev–Trinajstić information content (AvgIpc) is 2.69. The van der Waals surface area contributed by atoms with E-state index >= 15 is 0 Å². The summed E-state index contributed by atoms with van der Waals surface area (Å²) in [6.45, 7) is 5.87. The Balaban J connectivity index is 1.46. The zero-order valence-electron chi connectivity index (χ0n) is 16.7. The van der Waals surface area contributed by atoms with Crippen LogP contribution in [0.4, 0.5) is 5.69 Å². The van der Waals surface area contributed by atoms with Crippen molar-refractivity contribution in [1.82, 2.24) is 9.80 Å². The first kappa shape index (κ1) is 20.9. The van der Waals surface area contributed by atoms with E-state index in [0.717, 1.165) is 57.8 Å². The first-order valence-electron chi connectivity index (χ1n) is 10.1. The van der Waals surface area contributed by atoms with Crippen molar-refractivity contribution in [2.75, 3.05) is 45.2 Å². The van der Waals surface area contributed by atoms with Gasteiger partial charge in [-0.15, -0.1) is 0 Å². The Hall–Kier alpha value is -1.79. The Morgan fingerprint density at radius 3 is 2.46 bits per heavy atom. The van der Waals surface area contributed by atoms with Crippen LogP contribution in [0.25, 0.3) is 0 Å². The molecule has 154 valence electrons. The average molecular weight is 408 g/mol. The summed E-state index contributed by atoms with van der Waals surface area (Å²) in [6, 6.07) is 5.14. The lowest BCUT2D eigenvalue weighted by Crippen LogP contribution is -2.46. The van der Waals surface area contributed by atoms with Crippen molar-refractivity contribution in [3.8, 4) is 5.75 Å². The summed E-state index contributed by atoms with van der Waals surface area (Å²) in [4.78, 5) is 29.3. The fourth-order valence-corrected chi connectivity index (χ4v) is 4.17. The molecule has 2 saturated heterocycles. The lowest BCUT2D eigenvalue weighted by molar-refractivity contribution is -0.138. The number of halogens is 1. The second-order valence-electron chi connectivity index (χ2n) is 7.95. The van der Waals surface area contributed by atoms with Crippen molar-refractivity contribution in [2.24, 2.45) is 11.8 Å². The number of rotatable bonds is 5. The number of carbonyl (C=O) groups excluding carboxylic acids is 2. The highest BCUT2D eigenvalue weighted by Crippen LogP contribution is 2.28. The van der Waals surface area contributed by atoms with Crippen LogP contribution in [0.5, 0.6) is 5.75 Å². The van der Waals surface area contributed by atoms with Gasteiger partial charge in [0.2, 0.25) is 11.8 Å². The van der Waals surface area contributed by atoms with Gasteiger partial charge in [-0.05, 0) is 62.9 Å². The van der Waals surface area contributed by atoms with E-state index < -0.39 is 0 Å². The monoisotopic (exact) mass is 407 g/mol. The fourth-order valence-electron chi connectivity index (χ4n) is 4.00. The molecule has 0 unspecified atom stereocenters. The number of ether oxygens (including phenoxy) is 1. The SMILES string of the molecule is COc1ccc(Cl)cc1NC(=O)CN1CCC(C(=O)N2CCC(C)CC2)CC1. The number of anilines is 1. The van der Waals surface area contributed by atoms with Gasteiger partial charge in [-0.1, -0.05) is 18.5 Å². The van der Waals surface area contributed by atoms with E-state index in [0.29, 0.717) is 28.9 Å². The molecule has 0 atom stereocenters. The molecule has 0 aliphatic carbocycles. The Bertz CT molecular complexity index is 696. The lowest BCUT2D eigenvalue weighted by Gasteiger charge is -2.36. The predicted octanol–water partition coefficient (Wildman–Crippen LogP) is 3.26. The van der Waals surface area contributed by atoms with Crippen LogP contribution >= 0.6 is 11.6 Å². The summed E-state index contributed by atoms with van der Waals surface area (Å²) in [7, 11) is 1.56. The first-order chi connectivity index (χ1) is 13.5. The molecule has 2 amide bonds. The Labute approximate surface area is 172 Å². The summed E-state index contributed by atoms with van der Waals surface area (Å²) in [6.07, 6.45) is 3.85. The number of hydrogen-bond acceptors (Lipinski definition) is 4. The van der Waals surface area contributed by atoms with Crippen molar-refractivity contribution in [3.05, 3.63) is 23.2 Å². The molecule has 0 radical (unpaired) electrons. The number of carbonyl (C=O) groups is 2. The van der Waals surface area contributed by atoms with Crippen LogP contribution in [-0.4, -0.2) is 61.4 Å². The van der Waals surface area contributed by atoms with E-state index in [1.807, 2.05) is 4.90 Å². The number of benzene rings is 1. The van der Waals surface area contributed by atoms with Gasteiger partial charge in [0.15, 0.2) is 0 Å². The van der Waals surface area contributed by atoms with Crippen molar-refractivity contribution < 1.29 is 14.3 Å². The topological polar surface area (TPSA) is 61.9 Å². The number of likely N-dealkylation sites (tertiary alicyclic amines) is 2. The Morgan fingerprint density at radius 2 is 1.82 bits per heavy atom. The molecule has 0 aromatic heterocycles. The van der Waals surface area contributed by atoms with Crippen molar-refractivity contribution in [3.63, 3.8) is 0 Å². The predicted molar refractivity (Wildman–Crippen MR) is 111 cm³/mol. The van der Waals surface area contributed by atoms with Gasteiger partial charge in [0.25, 0.3) is 0 Å². The maximum absolute atomic E-state index is 12.7. The van der Waals surface area contributed by atoms with Crippen LogP contribution in [0.3, 0.4) is 0 Å². The number of nitrogens with one attached hydrogen (secondary N) is 1. The minimum Gasteiger partial charge on any atom is -0.495 e. The normalized spacial score (nSPS) is 19.5. The van der Waals surface area contributed by atoms with Gasteiger partial charge in [-0.25, -0.2) is 0 Å². The van der Waals surface area contributed by atoms with Crippen LogP contribution in [-0.2, 0) is 9.59 Å². The molecule has 3 rings (SSSR count). The molecule has 1 aromatic carbocycles. The molecule has 0 spiro atoms. The molecule has 2 heterocycles. The van der Waals surface area contributed by atoms with E-state index in [-0.39, 0.29) is 11.8 Å². The third kappa shape index (κ3) is 5.39. The van der Waals surface area contributed by atoms with E-state index in [1.165, 1.54) is 0 Å². The second kappa shape index (κ2) is 9.61. The van der Waals surface area contributed by atoms with E-state index in [2.05, 4.69) is 17.1 Å². The smallest absolute Gasteiger partial charge is 0.238 e. The highest BCUT2D eigenvalue weighted by molar-refractivity contribution is 6.31. The van der Waals surface area contributed by atoms with Crippen LogP contribution in [0.15, 0.2) is 18.2 Å². The zero-order valence-corrected chi connectivity index (χ0v) is 17.5. The molecule has 7 heteroatoms. The molecule has 0 bridgehead atoms. The molecule has 0 saturated carbocycles. The van der Waals surface area contributed by atoms with Crippen LogP contribution in [0.1, 0.15) is 32.6 Å². The highest BCUT2D eigenvalue weighted by Gasteiger charge is 2.30. The van der Waals surface area contributed by atoms with Crippen molar-refractivity contribution in [2.45, 2.75) is 32.6 Å². The van der Waals surface area contributed by atoms with Crippen molar-refractivity contribution in [1.29, 1.82) is 0 Å². The van der Waals surface area contributed by atoms with Gasteiger partial charge in [0, 0.05) is 24.0 Å². The van der Waals surface area contributed by atoms with Gasteiger partial charge in [0.1, 0.15) is 5.75 Å². The van der Waals surface area contributed by atoms with Gasteiger partial charge < -0.3 is 15.0 Å². The highest BCUT2D eigenvalue weighted by atomic mass is 35.5. The van der Waals surface area contributed by atoms with Gasteiger partial charge >= 0.3 is 0 Å². The molecule has 6 nitrogen and oxygen atoms in total. The molecule has 2 fully saturated rings. The van der Waals surface area contributed by atoms with Crippen LogP contribution in [0.2, 0.25) is 5.02 Å². The minimum absolute atomic E-state index is 0.0979. The number of piperidine rings is 2. The Kier molecular flexibility index (Phi) is 7.18. The van der Waals surface area contributed by atoms with Gasteiger partial charge in [0.05, 0.1) is 19.3 Å². The van der Waals surface area contributed by atoms with Crippen LogP contribution < -0.4 is 10.1 Å². The molecular formula is C21H30ClN3O3. The van der Waals surface area contributed by atoms with E-state index in [4.69, 9.17) is 16.3 Å². The maximum Gasteiger partial charge on any atom is 0.238 e. The zero-order chi connectivity index (χ0) is 20.1. The second-order valence-corrected chi connectivity index (χ2v) is 8.39. The maximum atomic E-state index is 12.7. The van der Waals surface area contributed by atoms with E-state index in [1.54, 1.807) is 25.3 Å².